The lowest BCUT2D eigenvalue weighted by atomic mass is 9.43. The molecule has 0 radical (unpaired) electrons. The first kappa shape index (κ1) is 23.8. The Balaban J connectivity index is 1.16. The molecule has 0 bridgehead atoms. The van der Waals surface area contributed by atoms with Crippen LogP contribution in [0.2, 0.25) is 0 Å². The Kier molecular flexibility index (Phi) is 5.57. The fourth-order valence-electron chi connectivity index (χ4n) is 9.73. The highest BCUT2D eigenvalue weighted by molar-refractivity contribution is 5.85. The molecule has 3 N–H and O–H groups in total. The zero-order valence-electron chi connectivity index (χ0n) is 21.3. The molecule has 4 saturated carbocycles. The van der Waals surface area contributed by atoms with Gasteiger partial charge in [0.25, 0.3) is 0 Å². The number of nitrogens with zero attached hydrogens (tertiary/aromatic N) is 1. The lowest BCUT2D eigenvalue weighted by Gasteiger charge is -2.64. The highest BCUT2D eigenvalue weighted by atomic mass is 16.5. The third-order valence-corrected chi connectivity index (χ3v) is 11.8. The number of aliphatic hydroxyl groups excluding tert-OH is 1. The van der Waals surface area contributed by atoms with Crippen LogP contribution in [0.3, 0.4) is 0 Å². The van der Waals surface area contributed by atoms with E-state index >= 15 is 0 Å². The lowest BCUT2D eigenvalue weighted by Crippen LogP contribution is -2.63. The van der Waals surface area contributed by atoms with E-state index in [4.69, 9.17) is 4.74 Å². The number of hydrogen-bond donors (Lipinski definition) is 3. The van der Waals surface area contributed by atoms with Gasteiger partial charge in [-0.1, -0.05) is 13.8 Å². The van der Waals surface area contributed by atoms with Crippen LogP contribution in [0.15, 0.2) is 11.6 Å². The van der Waals surface area contributed by atoms with Crippen LogP contribution < -0.4 is 5.32 Å². The van der Waals surface area contributed by atoms with Crippen molar-refractivity contribution in [2.45, 2.75) is 95.8 Å². The van der Waals surface area contributed by atoms with Gasteiger partial charge in [0.15, 0.2) is 0 Å². The molecule has 6 rings (SSSR count). The Labute approximate surface area is 208 Å². The van der Waals surface area contributed by atoms with Gasteiger partial charge in [-0.05, 0) is 98.9 Å². The minimum atomic E-state index is -0.678. The number of cyclic esters (lactones) is 1. The average Bonchev–Trinajstić information content (AvgIpc) is 3.51. The van der Waals surface area contributed by atoms with Crippen molar-refractivity contribution in [3.63, 3.8) is 0 Å². The summed E-state index contributed by atoms with van der Waals surface area (Å²) in [6.45, 7) is 6.22. The van der Waals surface area contributed by atoms with Gasteiger partial charge in [0, 0.05) is 30.6 Å². The summed E-state index contributed by atoms with van der Waals surface area (Å²) in [4.78, 5) is 26.2. The summed E-state index contributed by atoms with van der Waals surface area (Å²) in [7, 11) is 0. The van der Waals surface area contributed by atoms with Crippen LogP contribution in [0.25, 0.3) is 0 Å². The number of urea groups is 1. The van der Waals surface area contributed by atoms with Gasteiger partial charge in [-0.3, -0.25) is 0 Å². The summed E-state index contributed by atoms with van der Waals surface area (Å²) in [5, 5.41) is 25.4. The first-order valence-electron chi connectivity index (χ1n) is 14.0. The highest BCUT2D eigenvalue weighted by Gasteiger charge is 2.67. The van der Waals surface area contributed by atoms with Crippen LogP contribution in [-0.2, 0) is 9.53 Å². The summed E-state index contributed by atoms with van der Waals surface area (Å²) in [5.74, 6) is 1.40. The first-order valence-corrected chi connectivity index (χ1v) is 14.0. The molecule has 2 heterocycles. The number of esters is 1. The number of fused-ring (bicyclic) bond motifs is 5. The molecule has 0 unspecified atom stereocenters. The number of aliphatic hydroxyl groups is 2. The van der Waals surface area contributed by atoms with Crippen molar-refractivity contribution in [3.8, 4) is 0 Å². The fraction of sp³-hybridized carbons (Fsp3) is 0.857. The van der Waals surface area contributed by atoms with E-state index in [1.165, 1.54) is 0 Å². The van der Waals surface area contributed by atoms with E-state index in [-0.39, 0.29) is 40.9 Å². The van der Waals surface area contributed by atoms with Crippen molar-refractivity contribution in [2.75, 3.05) is 19.7 Å². The summed E-state index contributed by atoms with van der Waals surface area (Å²) < 4.78 is 5.25. The van der Waals surface area contributed by atoms with Crippen molar-refractivity contribution in [1.82, 2.24) is 10.2 Å². The molecule has 0 aromatic carbocycles. The van der Waals surface area contributed by atoms with Gasteiger partial charge in [0.1, 0.15) is 6.61 Å². The van der Waals surface area contributed by atoms with Gasteiger partial charge in [-0.25, -0.2) is 9.59 Å². The molecule has 9 atom stereocenters. The Morgan fingerprint density at radius 2 is 1.91 bits per heavy atom. The van der Waals surface area contributed by atoms with Crippen molar-refractivity contribution in [1.29, 1.82) is 0 Å². The number of rotatable bonds is 2. The molecular weight excluding hydrogens is 444 g/mol. The Morgan fingerprint density at radius 1 is 1.09 bits per heavy atom. The maximum absolute atomic E-state index is 12.7. The molecule has 2 amide bonds. The van der Waals surface area contributed by atoms with Crippen molar-refractivity contribution in [2.24, 2.45) is 34.5 Å². The summed E-state index contributed by atoms with van der Waals surface area (Å²) in [5.41, 5.74) is 0.425. The van der Waals surface area contributed by atoms with Crippen LogP contribution in [0, 0.1) is 34.5 Å². The molecule has 194 valence electrons. The van der Waals surface area contributed by atoms with Gasteiger partial charge in [0.2, 0.25) is 0 Å². The highest BCUT2D eigenvalue weighted by Crippen LogP contribution is 2.69. The van der Waals surface area contributed by atoms with Crippen LogP contribution in [0.4, 0.5) is 4.79 Å². The predicted octanol–water partition coefficient (Wildman–Crippen LogP) is 3.39. The number of β-amino-alcohol motifs (C(OH)–C–C–N with tert-alkyl or cyclic N) is 1. The van der Waals surface area contributed by atoms with Crippen molar-refractivity contribution < 1.29 is 24.5 Å². The summed E-state index contributed by atoms with van der Waals surface area (Å²) in [6, 6.07) is 0.182. The van der Waals surface area contributed by atoms with E-state index < -0.39 is 5.60 Å². The molecule has 0 aromatic heterocycles. The lowest BCUT2D eigenvalue weighted by molar-refractivity contribution is -0.204. The summed E-state index contributed by atoms with van der Waals surface area (Å²) in [6.07, 6.45) is 11.1. The monoisotopic (exact) mass is 486 g/mol. The third kappa shape index (κ3) is 3.51. The molecule has 1 saturated heterocycles. The molecule has 6 aliphatic rings. The molecular formula is C28H42N2O5. The zero-order chi connectivity index (χ0) is 24.6. The second-order valence-corrected chi connectivity index (χ2v) is 13.1. The zero-order valence-corrected chi connectivity index (χ0v) is 21.3. The Morgan fingerprint density at radius 3 is 2.63 bits per heavy atom. The van der Waals surface area contributed by atoms with E-state index in [1.54, 1.807) is 11.0 Å². The van der Waals surface area contributed by atoms with Crippen LogP contribution in [0.5, 0.6) is 0 Å². The van der Waals surface area contributed by atoms with E-state index in [9.17, 15) is 19.8 Å². The van der Waals surface area contributed by atoms with Gasteiger partial charge in [-0.2, -0.15) is 0 Å². The van der Waals surface area contributed by atoms with Gasteiger partial charge in [-0.15, -0.1) is 0 Å². The predicted molar refractivity (Wildman–Crippen MR) is 130 cm³/mol. The molecule has 0 aromatic rings. The number of nitrogens with one attached hydrogen (secondary N) is 1. The normalized spacial score (nSPS) is 49.1. The van der Waals surface area contributed by atoms with Crippen LogP contribution >= 0.6 is 0 Å². The van der Waals surface area contributed by atoms with Crippen molar-refractivity contribution >= 4 is 12.0 Å². The molecule has 5 fully saturated rings. The molecule has 35 heavy (non-hydrogen) atoms. The number of ether oxygens (including phenoxy) is 1. The maximum Gasteiger partial charge on any atom is 0.331 e. The quantitative estimate of drug-likeness (QED) is 0.520. The molecule has 4 aliphatic carbocycles. The van der Waals surface area contributed by atoms with E-state index in [0.29, 0.717) is 43.9 Å². The average molecular weight is 487 g/mol. The molecule has 2 aliphatic heterocycles. The largest absolute Gasteiger partial charge is 0.458 e. The maximum atomic E-state index is 12.7. The topological polar surface area (TPSA) is 99.1 Å². The second-order valence-electron chi connectivity index (χ2n) is 13.1. The van der Waals surface area contributed by atoms with Crippen LogP contribution in [-0.4, -0.2) is 64.6 Å². The Bertz CT molecular complexity index is 936. The number of likely N-dealkylation sites (tertiary alicyclic amines) is 1. The van der Waals surface area contributed by atoms with Gasteiger partial charge < -0.3 is 25.2 Å². The first-order chi connectivity index (χ1) is 16.6. The van der Waals surface area contributed by atoms with Crippen molar-refractivity contribution in [3.05, 3.63) is 11.6 Å². The second kappa shape index (κ2) is 8.20. The van der Waals surface area contributed by atoms with Gasteiger partial charge >= 0.3 is 12.0 Å². The number of carbonyl (C=O) groups is 2. The standard InChI is InChI=1S/C28H42N2O5/c1-26-9-5-19(29-25(33)30-12-8-20(31)15-30)14-18(26)3-4-23-22(26)6-10-27(2)21(7-11-28(23,27)34)17-13-24(32)35-16-17/h13,18-23,31,34H,3-12,14-16H2,1-2H3,(H,29,33)/t18-,19+,20+,21-,22+,23-,26+,27-,28+/m1/s1. The minimum absolute atomic E-state index is 0.0211. The van der Waals surface area contributed by atoms with E-state index in [2.05, 4.69) is 19.2 Å². The molecule has 7 nitrogen and oxygen atoms in total. The minimum Gasteiger partial charge on any atom is -0.458 e. The number of hydrogen-bond acceptors (Lipinski definition) is 5. The fourth-order valence-corrected chi connectivity index (χ4v) is 9.73. The molecule has 7 heteroatoms. The van der Waals surface area contributed by atoms with Crippen LogP contribution in [0.1, 0.15) is 78.1 Å². The number of carbonyl (C=O) groups excluding carboxylic acids is 2. The smallest absolute Gasteiger partial charge is 0.331 e. The summed E-state index contributed by atoms with van der Waals surface area (Å²) >= 11 is 0. The third-order valence-electron chi connectivity index (χ3n) is 11.8. The van der Waals surface area contributed by atoms with Gasteiger partial charge in [0.05, 0.1) is 11.7 Å². The SMILES string of the molecule is C[C@]12CC[C@H](NC(=O)N3CC[C@H](O)C3)C[C@H]1CC[C@@H]1[C@@H]2CC[C@]2(C)[C@@H](C3=CC(=O)OC3)CC[C@]12O. The van der Waals surface area contributed by atoms with E-state index in [1.807, 2.05) is 0 Å². The van der Waals surface area contributed by atoms with E-state index in [0.717, 1.165) is 63.4 Å². The Hall–Kier alpha value is -1.60. The molecule has 0 spiro atoms. The number of amides is 2.